The third-order valence-electron chi connectivity index (χ3n) is 6.04. The number of aryl methyl sites for hydroxylation is 1. The van der Waals surface area contributed by atoms with E-state index < -0.39 is 0 Å². The van der Waals surface area contributed by atoms with Crippen LogP contribution in [0.2, 0.25) is 0 Å². The van der Waals surface area contributed by atoms with Crippen molar-refractivity contribution < 1.29 is 4.79 Å². The number of nitrogens with zero attached hydrogens (tertiary/aromatic N) is 4. The van der Waals surface area contributed by atoms with Gasteiger partial charge in [-0.15, -0.1) is 0 Å². The van der Waals surface area contributed by atoms with Crippen molar-refractivity contribution in [1.82, 2.24) is 14.8 Å². The average Bonchev–Trinajstić information content (AvgIpc) is 3.10. The summed E-state index contributed by atoms with van der Waals surface area (Å²) in [5.74, 6) is 0.0476. The highest BCUT2D eigenvalue weighted by molar-refractivity contribution is 5.94. The maximum absolute atomic E-state index is 12.9. The van der Waals surface area contributed by atoms with Crippen molar-refractivity contribution >= 4 is 5.91 Å². The lowest BCUT2D eigenvalue weighted by Crippen LogP contribution is -2.45. The molecule has 1 aromatic carbocycles. The van der Waals surface area contributed by atoms with Crippen molar-refractivity contribution in [3.8, 4) is 6.07 Å². The maximum Gasteiger partial charge on any atom is 0.253 e. The van der Waals surface area contributed by atoms with E-state index in [9.17, 15) is 4.79 Å². The molecule has 2 saturated heterocycles. The van der Waals surface area contributed by atoms with Gasteiger partial charge in [-0.1, -0.05) is 12.1 Å². The second-order valence-corrected chi connectivity index (χ2v) is 8.25. The molecular formula is C23H26N4O. The van der Waals surface area contributed by atoms with Gasteiger partial charge < -0.3 is 4.90 Å². The standard InChI is InChI=1S/C23H26N4O/c1-18-5-2-8-21(25-18)15-26-11-4-9-23(16-26)10-12-27(17-23)22(28)20-7-3-6-19(13-20)14-24/h2-3,5-8,13H,4,9-12,15-17H2,1H3/t23-/m1/s1. The zero-order valence-electron chi connectivity index (χ0n) is 16.4. The van der Waals surface area contributed by atoms with Crippen LogP contribution in [0.1, 0.15) is 46.6 Å². The Morgan fingerprint density at radius 3 is 2.86 bits per heavy atom. The Kier molecular flexibility index (Phi) is 5.15. The first kappa shape index (κ1) is 18.6. The number of piperidine rings is 1. The highest BCUT2D eigenvalue weighted by Gasteiger charge is 2.42. The van der Waals surface area contributed by atoms with E-state index in [2.05, 4.69) is 28.1 Å². The summed E-state index contributed by atoms with van der Waals surface area (Å²) in [7, 11) is 0. The highest BCUT2D eigenvalue weighted by Crippen LogP contribution is 2.39. The Labute approximate surface area is 166 Å². The summed E-state index contributed by atoms with van der Waals surface area (Å²) in [5, 5.41) is 9.09. The minimum absolute atomic E-state index is 0.0476. The fourth-order valence-corrected chi connectivity index (χ4v) is 4.71. The summed E-state index contributed by atoms with van der Waals surface area (Å²) in [5.41, 5.74) is 3.52. The minimum atomic E-state index is 0.0476. The molecule has 1 aromatic heterocycles. The normalized spacial score (nSPS) is 22.4. The molecule has 2 fully saturated rings. The van der Waals surface area contributed by atoms with E-state index in [4.69, 9.17) is 5.26 Å². The lowest BCUT2D eigenvalue weighted by molar-refractivity contribution is 0.0672. The molecule has 2 aromatic rings. The quantitative estimate of drug-likeness (QED) is 0.826. The molecular weight excluding hydrogens is 348 g/mol. The van der Waals surface area contributed by atoms with Crippen LogP contribution in [-0.4, -0.2) is 46.9 Å². The predicted octanol–water partition coefficient (Wildman–Crippen LogP) is 3.39. The lowest BCUT2D eigenvalue weighted by Gasteiger charge is -2.40. The van der Waals surface area contributed by atoms with Gasteiger partial charge in [0.25, 0.3) is 5.91 Å². The summed E-state index contributed by atoms with van der Waals surface area (Å²) in [6.07, 6.45) is 3.39. The molecule has 0 N–H and O–H groups in total. The number of hydrogen-bond donors (Lipinski definition) is 0. The van der Waals surface area contributed by atoms with Gasteiger partial charge in [0.2, 0.25) is 0 Å². The number of nitriles is 1. The van der Waals surface area contributed by atoms with Gasteiger partial charge in [0.15, 0.2) is 0 Å². The van der Waals surface area contributed by atoms with Crippen LogP contribution in [0.5, 0.6) is 0 Å². The molecule has 5 nitrogen and oxygen atoms in total. The minimum Gasteiger partial charge on any atom is -0.338 e. The molecule has 28 heavy (non-hydrogen) atoms. The summed E-state index contributed by atoms with van der Waals surface area (Å²) in [4.78, 5) is 22.1. The smallest absolute Gasteiger partial charge is 0.253 e. The number of rotatable bonds is 3. The van der Waals surface area contributed by atoms with Crippen LogP contribution in [0.3, 0.4) is 0 Å². The van der Waals surface area contributed by atoms with Crippen LogP contribution in [0.15, 0.2) is 42.5 Å². The van der Waals surface area contributed by atoms with Crippen molar-refractivity contribution in [3.63, 3.8) is 0 Å². The maximum atomic E-state index is 12.9. The van der Waals surface area contributed by atoms with E-state index in [1.807, 2.05) is 24.0 Å². The number of benzene rings is 1. The zero-order chi connectivity index (χ0) is 19.6. The molecule has 0 radical (unpaired) electrons. The molecule has 4 rings (SSSR count). The number of amides is 1. The van der Waals surface area contributed by atoms with Gasteiger partial charge in [0, 0.05) is 42.9 Å². The molecule has 5 heteroatoms. The molecule has 0 bridgehead atoms. The van der Waals surface area contributed by atoms with Crippen molar-refractivity contribution in [2.75, 3.05) is 26.2 Å². The second-order valence-electron chi connectivity index (χ2n) is 8.25. The van der Waals surface area contributed by atoms with Gasteiger partial charge in [-0.05, 0) is 63.1 Å². The van der Waals surface area contributed by atoms with E-state index in [0.29, 0.717) is 11.1 Å². The number of hydrogen-bond acceptors (Lipinski definition) is 4. The van der Waals surface area contributed by atoms with E-state index in [-0.39, 0.29) is 11.3 Å². The summed E-state index contributed by atoms with van der Waals surface area (Å²) >= 11 is 0. The van der Waals surface area contributed by atoms with Gasteiger partial charge in [0.05, 0.1) is 17.3 Å². The summed E-state index contributed by atoms with van der Waals surface area (Å²) in [6.45, 7) is 6.62. The molecule has 0 aliphatic carbocycles. The molecule has 1 atom stereocenters. The molecule has 2 aliphatic rings. The first-order chi connectivity index (χ1) is 13.6. The summed E-state index contributed by atoms with van der Waals surface area (Å²) < 4.78 is 0. The first-order valence-electron chi connectivity index (χ1n) is 10.0. The summed E-state index contributed by atoms with van der Waals surface area (Å²) in [6, 6.07) is 15.4. The lowest BCUT2D eigenvalue weighted by atomic mass is 9.79. The van der Waals surface area contributed by atoms with Gasteiger partial charge >= 0.3 is 0 Å². The molecule has 0 unspecified atom stereocenters. The van der Waals surface area contributed by atoms with Crippen molar-refractivity contribution in [2.24, 2.45) is 5.41 Å². The highest BCUT2D eigenvalue weighted by atomic mass is 16.2. The zero-order valence-corrected chi connectivity index (χ0v) is 16.4. The SMILES string of the molecule is Cc1cccc(CN2CCC[C@@]3(CCN(C(=O)c4cccc(C#N)c4)C3)C2)n1. The van der Waals surface area contributed by atoms with Gasteiger partial charge in [0.1, 0.15) is 0 Å². The number of carbonyl (C=O) groups is 1. The number of carbonyl (C=O) groups excluding carboxylic acids is 1. The van der Waals surface area contributed by atoms with Crippen LogP contribution in [0.25, 0.3) is 0 Å². The number of aromatic nitrogens is 1. The van der Waals surface area contributed by atoms with Crippen molar-refractivity contribution in [2.45, 2.75) is 32.7 Å². The van der Waals surface area contributed by atoms with Crippen LogP contribution >= 0.6 is 0 Å². The van der Waals surface area contributed by atoms with Crippen LogP contribution in [0.4, 0.5) is 0 Å². The molecule has 3 heterocycles. The van der Waals surface area contributed by atoms with Crippen LogP contribution < -0.4 is 0 Å². The van der Waals surface area contributed by atoms with E-state index in [1.54, 1.807) is 18.2 Å². The van der Waals surface area contributed by atoms with E-state index in [0.717, 1.165) is 57.0 Å². The number of pyridine rings is 1. The number of likely N-dealkylation sites (tertiary alicyclic amines) is 2. The molecule has 0 saturated carbocycles. The average molecular weight is 374 g/mol. The Bertz CT molecular complexity index is 919. The topological polar surface area (TPSA) is 60.2 Å². The molecule has 2 aliphatic heterocycles. The third kappa shape index (κ3) is 3.93. The largest absolute Gasteiger partial charge is 0.338 e. The molecule has 1 amide bonds. The van der Waals surface area contributed by atoms with Gasteiger partial charge in [-0.25, -0.2) is 0 Å². The van der Waals surface area contributed by atoms with Crippen molar-refractivity contribution in [3.05, 3.63) is 65.0 Å². The fourth-order valence-electron chi connectivity index (χ4n) is 4.71. The predicted molar refractivity (Wildman–Crippen MR) is 108 cm³/mol. The van der Waals surface area contributed by atoms with E-state index in [1.165, 1.54) is 6.42 Å². The Morgan fingerprint density at radius 1 is 1.18 bits per heavy atom. The fraction of sp³-hybridized carbons (Fsp3) is 0.435. The van der Waals surface area contributed by atoms with Crippen molar-refractivity contribution in [1.29, 1.82) is 5.26 Å². The monoisotopic (exact) mass is 374 g/mol. The second kappa shape index (κ2) is 7.73. The third-order valence-corrected chi connectivity index (χ3v) is 6.04. The Morgan fingerprint density at radius 2 is 2.04 bits per heavy atom. The first-order valence-corrected chi connectivity index (χ1v) is 10.0. The van der Waals surface area contributed by atoms with E-state index >= 15 is 0 Å². The molecule has 1 spiro atoms. The molecule has 144 valence electrons. The Balaban J connectivity index is 1.43. The van der Waals surface area contributed by atoms with Gasteiger partial charge in [-0.3, -0.25) is 14.7 Å². The van der Waals surface area contributed by atoms with Gasteiger partial charge in [-0.2, -0.15) is 5.26 Å². The Hall–Kier alpha value is -2.71. The van der Waals surface area contributed by atoms with Crippen LogP contribution in [0, 0.1) is 23.7 Å². The van der Waals surface area contributed by atoms with Crippen LogP contribution in [-0.2, 0) is 6.54 Å².